The van der Waals surface area contributed by atoms with Crippen molar-refractivity contribution in [2.24, 2.45) is 0 Å². The van der Waals surface area contributed by atoms with Gasteiger partial charge in [0.2, 0.25) is 0 Å². The van der Waals surface area contributed by atoms with Crippen molar-refractivity contribution in [3.8, 4) is 11.5 Å². The third kappa shape index (κ3) is 7.75. The van der Waals surface area contributed by atoms with Gasteiger partial charge in [-0.2, -0.15) is 13.2 Å². The van der Waals surface area contributed by atoms with Crippen LogP contribution in [-0.4, -0.2) is 24.1 Å². The number of hydrogen-bond donors (Lipinski definition) is 1. The minimum absolute atomic E-state index is 0.128. The van der Waals surface area contributed by atoms with Crippen LogP contribution in [0.2, 0.25) is 0 Å². The summed E-state index contributed by atoms with van der Waals surface area (Å²) in [4.78, 5) is 5.72. The fraction of sp³-hybridized carbons (Fsp3) is 0.318. The molecule has 0 radical (unpaired) electrons. The van der Waals surface area contributed by atoms with Crippen molar-refractivity contribution in [2.45, 2.75) is 36.9 Å². The van der Waals surface area contributed by atoms with Crippen molar-refractivity contribution in [1.29, 1.82) is 0 Å². The smallest absolute Gasteiger partial charge is 0.446 e. The monoisotopic (exact) mass is 468 g/mol. The number of alkyl halides is 3. The predicted molar refractivity (Wildman–Crippen MR) is 118 cm³/mol. The van der Waals surface area contributed by atoms with Crippen molar-refractivity contribution < 1.29 is 22.6 Å². The molecule has 1 N–H and O–H groups in total. The molecule has 0 aliphatic heterocycles. The van der Waals surface area contributed by atoms with Crippen LogP contribution in [0.3, 0.4) is 0 Å². The highest BCUT2D eigenvalue weighted by molar-refractivity contribution is 8.00. The zero-order valence-corrected chi connectivity index (χ0v) is 18.8. The summed E-state index contributed by atoms with van der Waals surface area (Å²) >= 11 is 1.58. The van der Waals surface area contributed by atoms with Crippen LogP contribution in [0, 0.1) is 6.92 Å². The molecule has 166 valence electrons. The van der Waals surface area contributed by atoms with Crippen LogP contribution < -0.4 is 14.8 Å². The molecule has 9 heteroatoms. The number of benzene rings is 2. The quantitative estimate of drug-likeness (QED) is 0.293. The van der Waals surface area contributed by atoms with Crippen LogP contribution in [0.15, 0.2) is 53.6 Å². The van der Waals surface area contributed by atoms with E-state index in [2.05, 4.69) is 10.3 Å². The zero-order chi connectivity index (χ0) is 22.3. The van der Waals surface area contributed by atoms with E-state index in [1.165, 1.54) is 17.0 Å². The third-order valence-corrected chi connectivity index (χ3v) is 6.03. The summed E-state index contributed by atoms with van der Waals surface area (Å²) in [5, 5.41) is 4.51. The van der Waals surface area contributed by atoms with Gasteiger partial charge < -0.3 is 14.8 Å². The highest BCUT2D eigenvalue weighted by Crippen LogP contribution is 2.36. The van der Waals surface area contributed by atoms with Crippen LogP contribution >= 0.6 is 23.1 Å². The van der Waals surface area contributed by atoms with Crippen molar-refractivity contribution in [3.05, 3.63) is 69.7 Å². The molecule has 0 atom stereocenters. The summed E-state index contributed by atoms with van der Waals surface area (Å²) in [7, 11) is 1.61. The highest BCUT2D eigenvalue weighted by Gasteiger charge is 2.28. The minimum Gasteiger partial charge on any atom is -0.496 e. The first-order valence-electron chi connectivity index (χ1n) is 9.59. The molecule has 0 aliphatic carbocycles. The Hall–Kier alpha value is -2.23. The van der Waals surface area contributed by atoms with Crippen LogP contribution in [0.5, 0.6) is 11.5 Å². The first-order chi connectivity index (χ1) is 14.8. The Labute approximate surface area is 187 Å². The predicted octanol–water partition coefficient (Wildman–Crippen LogP) is 5.98. The Morgan fingerprint density at radius 2 is 1.90 bits per heavy atom. The molecule has 1 heterocycles. The fourth-order valence-electron chi connectivity index (χ4n) is 2.85. The van der Waals surface area contributed by atoms with Gasteiger partial charge in [0, 0.05) is 47.1 Å². The van der Waals surface area contributed by atoms with Gasteiger partial charge in [-0.25, -0.2) is 4.98 Å². The summed E-state index contributed by atoms with van der Waals surface area (Å²) in [5.41, 5.74) is -2.49. The van der Waals surface area contributed by atoms with Gasteiger partial charge in [-0.3, -0.25) is 0 Å². The van der Waals surface area contributed by atoms with E-state index in [0.717, 1.165) is 29.1 Å². The number of halogens is 3. The van der Waals surface area contributed by atoms with Gasteiger partial charge in [0.25, 0.3) is 0 Å². The first kappa shape index (κ1) is 23.4. The Morgan fingerprint density at radius 3 is 2.55 bits per heavy atom. The minimum atomic E-state index is -4.29. The van der Waals surface area contributed by atoms with E-state index in [1.807, 2.05) is 31.3 Å². The maximum atomic E-state index is 12.4. The van der Waals surface area contributed by atoms with E-state index < -0.39 is 5.51 Å². The van der Waals surface area contributed by atoms with Crippen LogP contribution in [0.4, 0.5) is 13.2 Å². The van der Waals surface area contributed by atoms with Gasteiger partial charge in [0.1, 0.15) is 18.1 Å². The fourth-order valence-corrected chi connectivity index (χ4v) is 4.18. The Morgan fingerprint density at radius 1 is 1.13 bits per heavy atom. The van der Waals surface area contributed by atoms with Gasteiger partial charge in [0.05, 0.1) is 12.1 Å². The zero-order valence-electron chi connectivity index (χ0n) is 17.2. The van der Waals surface area contributed by atoms with Crippen molar-refractivity contribution >= 4 is 23.1 Å². The van der Waals surface area contributed by atoms with Gasteiger partial charge in [-0.05, 0) is 42.4 Å². The second-order valence-electron chi connectivity index (χ2n) is 6.75. The summed E-state index contributed by atoms with van der Waals surface area (Å²) in [5.74, 6) is 1.35. The molecular weight excluding hydrogens is 445 g/mol. The van der Waals surface area contributed by atoms with E-state index >= 15 is 0 Å². The van der Waals surface area contributed by atoms with Crippen molar-refractivity contribution in [2.75, 3.05) is 13.7 Å². The van der Waals surface area contributed by atoms with Crippen LogP contribution in [0.1, 0.15) is 21.0 Å². The second kappa shape index (κ2) is 10.9. The maximum Gasteiger partial charge on any atom is 0.446 e. The molecule has 0 aliphatic rings. The molecule has 0 bridgehead atoms. The average Bonchev–Trinajstić information content (AvgIpc) is 3.15. The summed E-state index contributed by atoms with van der Waals surface area (Å²) in [6, 6.07) is 11.8. The second-order valence-corrected chi connectivity index (χ2v) is 9.20. The number of aryl methyl sites for hydroxylation is 1. The molecule has 31 heavy (non-hydrogen) atoms. The summed E-state index contributed by atoms with van der Waals surface area (Å²) in [6.07, 6.45) is 2.76. The van der Waals surface area contributed by atoms with E-state index in [-0.39, 0.29) is 23.3 Å². The Kier molecular flexibility index (Phi) is 8.22. The molecule has 0 amide bonds. The van der Waals surface area contributed by atoms with Gasteiger partial charge in [0.15, 0.2) is 0 Å². The van der Waals surface area contributed by atoms with E-state index in [1.54, 1.807) is 30.6 Å². The molecule has 0 saturated carbocycles. The molecule has 1 aromatic heterocycles. The van der Waals surface area contributed by atoms with Crippen molar-refractivity contribution in [3.63, 3.8) is 0 Å². The number of thiazole rings is 1. The number of ether oxygens (including phenoxy) is 2. The lowest BCUT2D eigenvalue weighted by molar-refractivity contribution is -0.0328. The molecule has 0 spiro atoms. The Balaban J connectivity index is 1.49. The molecule has 2 aromatic carbocycles. The number of rotatable bonds is 10. The number of nitrogens with one attached hydrogen (secondary N) is 1. The molecule has 3 aromatic rings. The molecule has 0 fully saturated rings. The maximum absolute atomic E-state index is 12.4. The largest absolute Gasteiger partial charge is 0.496 e. The van der Waals surface area contributed by atoms with Gasteiger partial charge >= 0.3 is 5.51 Å². The molecule has 4 nitrogen and oxygen atoms in total. The third-order valence-electron chi connectivity index (χ3n) is 4.32. The molecule has 0 saturated heterocycles. The Bertz CT molecular complexity index is 976. The number of hydrogen-bond acceptors (Lipinski definition) is 6. The number of nitrogens with zero attached hydrogens (tertiary/aromatic N) is 1. The highest BCUT2D eigenvalue weighted by atomic mass is 32.2. The van der Waals surface area contributed by atoms with E-state index in [4.69, 9.17) is 9.47 Å². The molecule has 3 rings (SSSR count). The van der Waals surface area contributed by atoms with E-state index in [9.17, 15) is 13.2 Å². The lowest BCUT2D eigenvalue weighted by Gasteiger charge is -2.13. The molecule has 0 unspecified atom stereocenters. The van der Waals surface area contributed by atoms with Crippen molar-refractivity contribution in [1.82, 2.24) is 10.3 Å². The summed E-state index contributed by atoms with van der Waals surface area (Å²) < 4.78 is 48.5. The average molecular weight is 469 g/mol. The normalized spacial score (nSPS) is 11.5. The SMILES string of the molecule is COc1cc(OCc2ccc(SC(F)(F)F)cc2)ccc1CNCCc1ncc(C)s1. The van der Waals surface area contributed by atoms with Gasteiger partial charge in [-0.1, -0.05) is 18.2 Å². The standard InChI is InChI=1S/C22H23F3N2O2S2/c1-15-12-27-21(30-15)9-10-26-13-17-5-6-18(11-20(17)28-2)29-14-16-3-7-19(8-4-16)31-22(23,24)25/h3-8,11-12,26H,9-10,13-14H2,1-2H3. The number of methoxy groups -OCH3 is 1. The lowest BCUT2D eigenvalue weighted by Crippen LogP contribution is -2.17. The number of aromatic nitrogens is 1. The summed E-state index contributed by atoms with van der Waals surface area (Å²) in [6.45, 7) is 3.78. The first-order valence-corrected chi connectivity index (χ1v) is 11.2. The number of thioether (sulfide) groups is 1. The van der Waals surface area contributed by atoms with E-state index in [0.29, 0.717) is 18.0 Å². The van der Waals surface area contributed by atoms with Gasteiger partial charge in [-0.15, -0.1) is 11.3 Å². The van der Waals surface area contributed by atoms with Crippen LogP contribution in [-0.2, 0) is 19.6 Å². The lowest BCUT2D eigenvalue weighted by atomic mass is 10.2. The topological polar surface area (TPSA) is 43.4 Å². The van der Waals surface area contributed by atoms with Crippen LogP contribution in [0.25, 0.3) is 0 Å². The molecular formula is C22H23F3N2O2S2.